The summed E-state index contributed by atoms with van der Waals surface area (Å²) in [5.74, 6) is 1.64. The Morgan fingerprint density at radius 3 is 1.78 bits per heavy atom. The van der Waals surface area contributed by atoms with E-state index in [9.17, 15) is 0 Å². The second-order valence-corrected chi connectivity index (χ2v) is 16.4. The Labute approximate surface area is 358 Å². The van der Waals surface area contributed by atoms with Crippen LogP contribution in [-0.2, 0) is 0 Å². The van der Waals surface area contributed by atoms with Gasteiger partial charge in [-0.25, -0.2) is 15.0 Å². The van der Waals surface area contributed by atoms with Gasteiger partial charge in [-0.15, -0.1) is 0 Å². The van der Waals surface area contributed by atoms with E-state index in [0.29, 0.717) is 23.1 Å². The number of benzene rings is 10. The first-order chi connectivity index (χ1) is 31.2. The smallest absolute Gasteiger partial charge is 0.167 e. The highest BCUT2D eigenvalue weighted by atomic mass is 16.3. The normalized spacial score (nSPS) is 12.1. The lowest BCUT2D eigenvalue weighted by Gasteiger charge is -2.13. The number of nitrogens with zero attached hydrogens (tertiary/aromatic N) is 4. The van der Waals surface area contributed by atoms with Crippen LogP contribution in [0.4, 0.5) is 0 Å². The Hall–Kier alpha value is -8.61. The fraction of sp³-hybridized carbons (Fsp3) is 0. The molecule has 4 aromatic heterocycles. The van der Waals surface area contributed by atoms with Gasteiger partial charge in [0.1, 0.15) is 22.3 Å². The topological polar surface area (TPSA) is 69.9 Å². The van der Waals surface area contributed by atoms with Crippen molar-refractivity contribution >= 4 is 98.0 Å². The molecular weight excluding hydrogens is 773 g/mol. The van der Waals surface area contributed by atoms with Crippen LogP contribution < -0.4 is 0 Å². The molecule has 0 aliphatic carbocycles. The van der Waals surface area contributed by atoms with Gasteiger partial charge in [0.25, 0.3) is 0 Å². The number of furan rings is 2. The zero-order valence-corrected chi connectivity index (χ0v) is 33.6. The van der Waals surface area contributed by atoms with E-state index in [2.05, 4.69) is 168 Å². The van der Waals surface area contributed by atoms with E-state index in [4.69, 9.17) is 23.8 Å². The molecule has 6 heteroatoms. The van der Waals surface area contributed by atoms with Crippen LogP contribution in [0.15, 0.2) is 203 Å². The van der Waals surface area contributed by atoms with Crippen LogP contribution in [0.25, 0.3) is 138 Å². The monoisotopic (exact) mass is 804 g/mol. The average molecular weight is 805 g/mol. The quantitative estimate of drug-likeness (QED) is 0.177. The predicted molar refractivity (Wildman–Crippen MR) is 258 cm³/mol. The Morgan fingerprint density at radius 1 is 0.317 bits per heavy atom. The van der Waals surface area contributed by atoms with Crippen LogP contribution in [0.5, 0.6) is 0 Å². The van der Waals surface area contributed by atoms with E-state index in [0.717, 1.165) is 93.2 Å². The van der Waals surface area contributed by atoms with Crippen molar-refractivity contribution in [3.63, 3.8) is 0 Å². The second-order valence-electron chi connectivity index (χ2n) is 16.4. The van der Waals surface area contributed by atoms with Crippen LogP contribution in [0.1, 0.15) is 0 Å². The van der Waals surface area contributed by atoms with E-state index in [1.54, 1.807) is 0 Å². The summed E-state index contributed by atoms with van der Waals surface area (Å²) in [5, 5.41) is 13.2. The molecule has 4 heterocycles. The summed E-state index contributed by atoms with van der Waals surface area (Å²) in [4.78, 5) is 16.0. The summed E-state index contributed by atoms with van der Waals surface area (Å²) in [5.41, 5.74) is 8.94. The number of hydrogen-bond acceptors (Lipinski definition) is 5. The third-order valence-corrected chi connectivity index (χ3v) is 12.8. The summed E-state index contributed by atoms with van der Waals surface area (Å²) in [6, 6.07) is 68.2. The molecule has 10 aromatic carbocycles. The van der Waals surface area contributed by atoms with Crippen molar-refractivity contribution in [2.24, 2.45) is 0 Å². The van der Waals surface area contributed by atoms with E-state index >= 15 is 0 Å². The molecule has 0 aliphatic rings. The highest BCUT2D eigenvalue weighted by molar-refractivity contribution is 6.19. The molecule has 292 valence electrons. The number of rotatable bonds is 4. The minimum atomic E-state index is 0.515. The van der Waals surface area contributed by atoms with Crippen LogP contribution in [0.3, 0.4) is 0 Å². The van der Waals surface area contributed by atoms with Gasteiger partial charge in [0.2, 0.25) is 0 Å². The molecule has 0 bridgehead atoms. The Bertz CT molecular complexity index is 4230. The first-order valence-electron chi connectivity index (χ1n) is 21.2. The highest BCUT2D eigenvalue weighted by Gasteiger charge is 2.23. The largest absolute Gasteiger partial charge is 0.456 e. The summed E-state index contributed by atoms with van der Waals surface area (Å²) in [6.07, 6.45) is 0. The maximum absolute atomic E-state index is 7.08. The lowest BCUT2D eigenvalue weighted by molar-refractivity contribution is 0.669. The van der Waals surface area contributed by atoms with Crippen molar-refractivity contribution < 1.29 is 8.83 Å². The Kier molecular flexibility index (Phi) is 7.02. The third kappa shape index (κ3) is 5.15. The van der Waals surface area contributed by atoms with Crippen molar-refractivity contribution in [3.8, 4) is 39.9 Å². The summed E-state index contributed by atoms with van der Waals surface area (Å²) in [6.45, 7) is 0. The molecule has 0 radical (unpaired) electrons. The van der Waals surface area contributed by atoms with Crippen molar-refractivity contribution in [2.75, 3.05) is 0 Å². The van der Waals surface area contributed by atoms with Crippen LogP contribution in [-0.4, -0.2) is 19.5 Å². The maximum Gasteiger partial charge on any atom is 0.167 e. The molecule has 0 aliphatic heterocycles. The van der Waals surface area contributed by atoms with Gasteiger partial charge in [0.05, 0.1) is 16.6 Å². The minimum Gasteiger partial charge on any atom is -0.456 e. The number of fused-ring (bicyclic) bond motifs is 13. The molecule has 6 nitrogen and oxygen atoms in total. The maximum atomic E-state index is 7.08. The van der Waals surface area contributed by atoms with Crippen molar-refractivity contribution in [2.45, 2.75) is 0 Å². The lowest BCUT2D eigenvalue weighted by Crippen LogP contribution is -2.01. The van der Waals surface area contributed by atoms with Crippen molar-refractivity contribution in [3.05, 3.63) is 194 Å². The van der Waals surface area contributed by atoms with Crippen LogP contribution in [0.2, 0.25) is 0 Å². The van der Waals surface area contributed by atoms with Gasteiger partial charge in [0, 0.05) is 54.5 Å². The third-order valence-electron chi connectivity index (χ3n) is 12.8. The fourth-order valence-electron chi connectivity index (χ4n) is 9.77. The van der Waals surface area contributed by atoms with Gasteiger partial charge >= 0.3 is 0 Å². The standard InChI is InChI=1S/C57H32N4O2/c1-2-13-35-27-38(22-21-33(35)11-1)55-58-56(39-24-26-52-46(29-39)43-18-8-10-20-51(43)62-52)60-57(59-55)48-32-40(31-47-44-25-23-34-12-5-6-16-41(34)53(44)63-54(47)48)61-49-19-9-7-17-42(49)45-28-36-14-3-4-15-37(36)30-50(45)61/h1-32H. The zero-order valence-electron chi connectivity index (χ0n) is 33.6. The predicted octanol–water partition coefficient (Wildman–Crippen LogP) is 15.2. The SMILES string of the molecule is c1ccc2cc(-c3nc(-c4ccc5oc6ccccc6c5c4)nc(-c4cc(-n5c6ccccc6c6cc7ccccc7cc65)cc5c4oc4c6ccccc6ccc54)n3)ccc2c1. The molecule has 0 atom stereocenters. The summed E-state index contributed by atoms with van der Waals surface area (Å²) in [7, 11) is 0. The molecule has 14 rings (SSSR count). The van der Waals surface area contributed by atoms with Crippen LogP contribution >= 0.6 is 0 Å². The van der Waals surface area contributed by atoms with E-state index in [1.807, 2.05) is 30.3 Å². The molecule has 0 amide bonds. The molecule has 63 heavy (non-hydrogen) atoms. The van der Waals surface area contributed by atoms with Gasteiger partial charge in [0.15, 0.2) is 17.5 Å². The first-order valence-corrected chi connectivity index (χ1v) is 21.2. The molecule has 0 saturated carbocycles. The Morgan fingerprint density at radius 2 is 0.937 bits per heavy atom. The lowest BCUT2D eigenvalue weighted by atomic mass is 10.0. The first kappa shape index (κ1) is 34.1. The van der Waals surface area contributed by atoms with Gasteiger partial charge in [-0.2, -0.15) is 0 Å². The molecule has 0 saturated heterocycles. The number of para-hydroxylation sites is 2. The number of aromatic nitrogens is 4. The molecule has 0 fully saturated rings. The number of hydrogen-bond donors (Lipinski definition) is 0. The molecule has 0 unspecified atom stereocenters. The fourth-order valence-corrected chi connectivity index (χ4v) is 9.77. The molecule has 14 aromatic rings. The van der Waals surface area contributed by atoms with Crippen molar-refractivity contribution in [1.82, 2.24) is 19.5 Å². The minimum absolute atomic E-state index is 0.515. The van der Waals surface area contributed by atoms with Gasteiger partial charge in [-0.3, -0.25) is 0 Å². The van der Waals surface area contributed by atoms with E-state index in [-0.39, 0.29) is 0 Å². The highest BCUT2D eigenvalue weighted by Crippen LogP contribution is 2.43. The average Bonchev–Trinajstić information content (AvgIpc) is 4.02. The van der Waals surface area contributed by atoms with Gasteiger partial charge in [-0.1, -0.05) is 127 Å². The van der Waals surface area contributed by atoms with E-state index in [1.165, 1.54) is 21.5 Å². The summed E-state index contributed by atoms with van der Waals surface area (Å²) < 4.78 is 15.7. The van der Waals surface area contributed by atoms with E-state index < -0.39 is 0 Å². The summed E-state index contributed by atoms with van der Waals surface area (Å²) >= 11 is 0. The Balaban J connectivity index is 1.09. The van der Waals surface area contributed by atoms with Crippen LogP contribution in [0, 0.1) is 0 Å². The molecule has 0 spiro atoms. The molecular formula is C57H32N4O2. The zero-order chi connectivity index (χ0) is 41.2. The van der Waals surface area contributed by atoms with Gasteiger partial charge in [-0.05, 0) is 93.7 Å². The van der Waals surface area contributed by atoms with Gasteiger partial charge < -0.3 is 13.4 Å². The van der Waals surface area contributed by atoms with Crippen molar-refractivity contribution in [1.29, 1.82) is 0 Å². The second kappa shape index (κ2) is 12.9. The molecule has 0 N–H and O–H groups in total.